The summed E-state index contributed by atoms with van der Waals surface area (Å²) in [6.07, 6.45) is 7.61. The van der Waals surface area contributed by atoms with Gasteiger partial charge in [-0.2, -0.15) is 0 Å². The van der Waals surface area contributed by atoms with E-state index in [9.17, 15) is 4.79 Å². The second-order valence-electron chi connectivity index (χ2n) is 7.11. The van der Waals surface area contributed by atoms with Crippen molar-refractivity contribution in [2.45, 2.75) is 18.8 Å². The number of pyridine rings is 1. The number of hydrogen-bond acceptors (Lipinski definition) is 4. The van der Waals surface area contributed by atoms with Crippen molar-refractivity contribution in [1.29, 1.82) is 0 Å². The number of piperidine rings is 1. The van der Waals surface area contributed by atoms with Gasteiger partial charge in [-0.15, -0.1) is 11.3 Å². The quantitative estimate of drug-likeness (QED) is 0.553. The number of hydrogen-bond donors (Lipinski definition) is 1. The fourth-order valence-corrected chi connectivity index (χ4v) is 4.84. The number of benzene rings is 1. The summed E-state index contributed by atoms with van der Waals surface area (Å²) in [4.78, 5) is 27.9. The number of carbonyl (C=O) groups is 1. The van der Waals surface area contributed by atoms with Crippen LogP contribution < -0.4 is 0 Å². The molecular formula is C22H20N4OS. The summed E-state index contributed by atoms with van der Waals surface area (Å²) in [5, 5.41) is 1.77. The van der Waals surface area contributed by atoms with Gasteiger partial charge < -0.3 is 9.88 Å². The number of nitrogens with one attached hydrogen (secondary N) is 1. The number of aromatic nitrogens is 3. The maximum absolute atomic E-state index is 12.9. The van der Waals surface area contributed by atoms with Crippen LogP contribution in [0.5, 0.6) is 0 Å². The van der Waals surface area contributed by atoms with Gasteiger partial charge in [0, 0.05) is 37.1 Å². The number of likely N-dealkylation sites (tertiary alicyclic amines) is 1. The number of nitrogens with zero attached hydrogens (tertiary/aromatic N) is 3. The Kier molecular flexibility index (Phi) is 4.41. The van der Waals surface area contributed by atoms with Crippen molar-refractivity contribution in [3.63, 3.8) is 0 Å². The first kappa shape index (κ1) is 17.1. The fourth-order valence-electron chi connectivity index (χ4n) is 3.95. The normalized spacial score (nSPS) is 15.2. The van der Waals surface area contributed by atoms with Crippen molar-refractivity contribution in [3.05, 3.63) is 71.6 Å². The Balaban J connectivity index is 1.28. The second-order valence-corrected chi connectivity index (χ2v) is 8.14. The molecule has 6 heteroatoms. The Morgan fingerprint density at radius 1 is 1.07 bits per heavy atom. The van der Waals surface area contributed by atoms with Gasteiger partial charge in [0.1, 0.15) is 5.65 Å². The summed E-state index contributed by atoms with van der Waals surface area (Å²) in [5.41, 5.74) is 3.36. The van der Waals surface area contributed by atoms with E-state index in [4.69, 9.17) is 0 Å². The highest BCUT2D eigenvalue weighted by molar-refractivity contribution is 7.16. The number of amides is 1. The molecule has 140 valence electrons. The zero-order valence-corrected chi connectivity index (χ0v) is 16.2. The molecule has 4 aromatic rings. The van der Waals surface area contributed by atoms with E-state index in [1.165, 1.54) is 22.3 Å². The topological polar surface area (TPSA) is 61.9 Å². The smallest absolute Gasteiger partial charge is 0.282 e. The molecule has 0 saturated carbocycles. The highest BCUT2D eigenvalue weighted by Gasteiger charge is 2.27. The number of H-pyrrole nitrogens is 1. The second kappa shape index (κ2) is 7.20. The molecule has 5 rings (SSSR count). The number of thiazole rings is 1. The first-order valence-electron chi connectivity index (χ1n) is 9.52. The summed E-state index contributed by atoms with van der Waals surface area (Å²) in [6, 6.07) is 14.2. The van der Waals surface area contributed by atoms with Gasteiger partial charge in [-0.1, -0.05) is 30.3 Å². The average Bonchev–Trinajstić information content (AvgIpc) is 3.42. The Labute approximate surface area is 167 Å². The minimum atomic E-state index is 0.0474. The van der Waals surface area contributed by atoms with E-state index in [0.29, 0.717) is 10.9 Å². The lowest BCUT2D eigenvalue weighted by atomic mass is 9.89. The van der Waals surface area contributed by atoms with Crippen LogP contribution >= 0.6 is 11.3 Å². The third-order valence-corrected chi connectivity index (χ3v) is 6.49. The number of aromatic amines is 1. The molecule has 0 unspecified atom stereocenters. The Hall–Kier alpha value is -2.99. The molecule has 1 aromatic carbocycles. The molecule has 1 N–H and O–H groups in total. The zero-order valence-electron chi connectivity index (χ0n) is 15.3. The molecule has 1 aliphatic rings. The molecule has 28 heavy (non-hydrogen) atoms. The molecular weight excluding hydrogens is 368 g/mol. The maximum Gasteiger partial charge on any atom is 0.282 e. The van der Waals surface area contributed by atoms with Crippen LogP contribution in [0.4, 0.5) is 0 Å². The summed E-state index contributed by atoms with van der Waals surface area (Å²) < 4.78 is 0. The molecule has 3 aromatic heterocycles. The van der Waals surface area contributed by atoms with Crippen LogP contribution in [0.25, 0.3) is 21.5 Å². The molecule has 0 atom stereocenters. The van der Waals surface area contributed by atoms with Crippen LogP contribution in [0.3, 0.4) is 0 Å². The van der Waals surface area contributed by atoms with Gasteiger partial charge in [0.2, 0.25) is 0 Å². The van der Waals surface area contributed by atoms with Gasteiger partial charge in [0.25, 0.3) is 5.91 Å². The van der Waals surface area contributed by atoms with Crippen LogP contribution in [0, 0.1) is 0 Å². The monoisotopic (exact) mass is 388 g/mol. The van der Waals surface area contributed by atoms with E-state index >= 15 is 0 Å². The maximum atomic E-state index is 12.9. The van der Waals surface area contributed by atoms with Crippen molar-refractivity contribution in [3.8, 4) is 10.4 Å². The molecule has 1 saturated heterocycles. The molecule has 0 bridgehead atoms. The first-order chi connectivity index (χ1) is 13.8. The van der Waals surface area contributed by atoms with Crippen molar-refractivity contribution in [2.75, 3.05) is 13.1 Å². The Bertz CT molecular complexity index is 1110. The minimum Gasteiger partial charge on any atom is -0.346 e. The molecule has 4 heterocycles. The Morgan fingerprint density at radius 2 is 1.89 bits per heavy atom. The van der Waals surface area contributed by atoms with Crippen molar-refractivity contribution in [2.24, 2.45) is 0 Å². The standard InChI is InChI=1S/C22H20N4OS/c27-22(21-25-14-19(28-21)16-5-2-1-3-6-16)26-11-8-15(9-12-26)18-13-24-20-17(18)7-4-10-23-20/h1-7,10,13-15H,8-9,11-12H2,(H,23,24). The molecule has 0 spiro atoms. The van der Waals surface area contributed by atoms with Crippen LogP contribution in [0.1, 0.15) is 34.1 Å². The largest absolute Gasteiger partial charge is 0.346 e. The van der Waals surface area contributed by atoms with Gasteiger partial charge >= 0.3 is 0 Å². The molecule has 1 fully saturated rings. The van der Waals surface area contributed by atoms with E-state index in [0.717, 1.165) is 42.0 Å². The SMILES string of the molecule is O=C(c1ncc(-c2ccccc2)s1)N1CCC(c2c[nH]c3ncccc23)CC1. The summed E-state index contributed by atoms with van der Waals surface area (Å²) in [5.74, 6) is 0.504. The molecule has 5 nitrogen and oxygen atoms in total. The lowest BCUT2D eigenvalue weighted by molar-refractivity contribution is 0.0713. The number of rotatable bonds is 3. The van der Waals surface area contributed by atoms with E-state index in [1.54, 1.807) is 6.20 Å². The van der Waals surface area contributed by atoms with Crippen LogP contribution in [-0.2, 0) is 0 Å². The van der Waals surface area contributed by atoms with Gasteiger partial charge in [0.05, 0.1) is 4.88 Å². The van der Waals surface area contributed by atoms with Crippen molar-refractivity contribution in [1.82, 2.24) is 19.9 Å². The van der Waals surface area contributed by atoms with Crippen LogP contribution in [-0.4, -0.2) is 38.8 Å². The fraction of sp³-hybridized carbons (Fsp3) is 0.227. The zero-order chi connectivity index (χ0) is 18.9. The van der Waals surface area contributed by atoms with E-state index in [1.807, 2.05) is 47.5 Å². The lowest BCUT2D eigenvalue weighted by Gasteiger charge is -2.31. The van der Waals surface area contributed by atoms with Gasteiger partial charge in [-0.05, 0) is 42.0 Å². The van der Waals surface area contributed by atoms with E-state index in [2.05, 4.69) is 27.2 Å². The van der Waals surface area contributed by atoms with Crippen molar-refractivity contribution >= 4 is 28.3 Å². The highest BCUT2D eigenvalue weighted by Crippen LogP contribution is 2.33. The molecule has 1 amide bonds. The minimum absolute atomic E-state index is 0.0474. The first-order valence-corrected chi connectivity index (χ1v) is 10.3. The highest BCUT2D eigenvalue weighted by atomic mass is 32.1. The average molecular weight is 388 g/mol. The Morgan fingerprint density at radius 3 is 2.71 bits per heavy atom. The summed E-state index contributed by atoms with van der Waals surface area (Å²) in [6.45, 7) is 1.52. The number of carbonyl (C=O) groups excluding carboxylic acids is 1. The molecule has 1 aliphatic heterocycles. The van der Waals surface area contributed by atoms with Gasteiger partial charge in [0.15, 0.2) is 5.01 Å². The predicted octanol–water partition coefficient (Wildman–Crippen LogP) is 4.71. The van der Waals surface area contributed by atoms with Crippen LogP contribution in [0.15, 0.2) is 61.1 Å². The summed E-state index contributed by atoms with van der Waals surface area (Å²) in [7, 11) is 0. The van der Waals surface area contributed by atoms with Gasteiger partial charge in [-0.3, -0.25) is 4.79 Å². The van der Waals surface area contributed by atoms with Crippen LogP contribution in [0.2, 0.25) is 0 Å². The molecule has 0 radical (unpaired) electrons. The van der Waals surface area contributed by atoms with E-state index in [-0.39, 0.29) is 5.91 Å². The lowest BCUT2D eigenvalue weighted by Crippen LogP contribution is -2.37. The van der Waals surface area contributed by atoms with Crippen molar-refractivity contribution < 1.29 is 4.79 Å². The predicted molar refractivity (Wildman–Crippen MR) is 112 cm³/mol. The van der Waals surface area contributed by atoms with Gasteiger partial charge in [-0.25, -0.2) is 9.97 Å². The number of fused-ring (bicyclic) bond motifs is 1. The third-order valence-electron chi connectivity index (χ3n) is 5.45. The molecule has 0 aliphatic carbocycles. The van der Waals surface area contributed by atoms with E-state index < -0.39 is 0 Å². The third kappa shape index (κ3) is 3.10. The summed E-state index contributed by atoms with van der Waals surface area (Å²) >= 11 is 1.47.